The van der Waals surface area contributed by atoms with Gasteiger partial charge in [-0.2, -0.15) is 0 Å². The van der Waals surface area contributed by atoms with Gasteiger partial charge in [0.25, 0.3) is 0 Å². The summed E-state index contributed by atoms with van der Waals surface area (Å²) in [5.74, 6) is 1.88. The second-order valence-corrected chi connectivity index (χ2v) is 8.23. The van der Waals surface area contributed by atoms with Crippen LogP contribution in [-0.4, -0.2) is 58.4 Å². The molecule has 1 atom stereocenters. The quantitative estimate of drug-likeness (QED) is 0.580. The van der Waals surface area contributed by atoms with Crippen LogP contribution in [0.5, 0.6) is 5.75 Å². The predicted molar refractivity (Wildman–Crippen MR) is 118 cm³/mol. The van der Waals surface area contributed by atoms with E-state index in [1.54, 1.807) is 7.11 Å². The van der Waals surface area contributed by atoms with Crippen molar-refractivity contribution in [1.29, 1.82) is 0 Å². The molecule has 7 nitrogen and oxygen atoms in total. The van der Waals surface area contributed by atoms with Gasteiger partial charge in [0.15, 0.2) is 5.82 Å². The Bertz CT molecular complexity index is 964. The van der Waals surface area contributed by atoms with Gasteiger partial charge in [-0.3, -0.25) is 4.90 Å². The first kappa shape index (κ1) is 21.2. The van der Waals surface area contributed by atoms with Gasteiger partial charge in [0.2, 0.25) is 0 Å². The van der Waals surface area contributed by atoms with Gasteiger partial charge in [0.05, 0.1) is 19.7 Å². The number of methoxy groups -OCH3 is 1. The highest BCUT2D eigenvalue weighted by Gasteiger charge is 2.31. The van der Waals surface area contributed by atoms with Crippen LogP contribution in [0.25, 0.3) is 0 Å². The normalized spacial score (nSPS) is 16.0. The summed E-state index contributed by atoms with van der Waals surface area (Å²) in [5, 5.41) is 12.7. The summed E-state index contributed by atoms with van der Waals surface area (Å²) in [5.41, 5.74) is 2.18. The molecule has 0 spiro atoms. The third-order valence-electron chi connectivity index (χ3n) is 5.85. The number of hydrogen-bond donors (Lipinski definition) is 0. The van der Waals surface area contributed by atoms with Gasteiger partial charge in [0, 0.05) is 31.9 Å². The van der Waals surface area contributed by atoms with E-state index in [1.807, 2.05) is 41.1 Å². The maximum absolute atomic E-state index is 13.2. The Balaban J connectivity index is 1.47. The maximum Gasteiger partial charge on any atom is 0.169 e. The summed E-state index contributed by atoms with van der Waals surface area (Å²) >= 11 is 0. The fraction of sp³-hybridized carbons (Fsp3) is 0.435. The summed E-state index contributed by atoms with van der Waals surface area (Å²) < 4.78 is 20.4. The molecule has 2 aromatic carbocycles. The molecule has 1 aliphatic rings. The number of aromatic nitrogens is 4. The summed E-state index contributed by atoms with van der Waals surface area (Å²) in [7, 11) is 1.66. The van der Waals surface area contributed by atoms with Crippen LogP contribution in [0.1, 0.15) is 31.3 Å². The molecule has 0 saturated carbocycles. The van der Waals surface area contributed by atoms with Crippen molar-refractivity contribution in [3.8, 4) is 5.75 Å². The molecule has 8 heteroatoms. The Morgan fingerprint density at radius 3 is 2.26 bits per heavy atom. The number of benzene rings is 2. The molecule has 0 radical (unpaired) electrons. The summed E-state index contributed by atoms with van der Waals surface area (Å²) in [6.07, 6.45) is 0. The predicted octanol–water partition coefficient (Wildman–Crippen LogP) is 3.39. The molecule has 1 aromatic heterocycles. The smallest absolute Gasteiger partial charge is 0.169 e. The lowest BCUT2D eigenvalue weighted by Gasteiger charge is -2.41. The lowest BCUT2D eigenvalue weighted by Crippen LogP contribution is -2.49. The zero-order valence-electron chi connectivity index (χ0n) is 18.3. The first-order valence-corrected chi connectivity index (χ1v) is 10.7. The molecule has 0 amide bonds. The van der Waals surface area contributed by atoms with E-state index < -0.39 is 0 Å². The molecule has 0 aliphatic carbocycles. The molecular formula is C23H29FN6O. The van der Waals surface area contributed by atoms with E-state index in [-0.39, 0.29) is 11.9 Å². The van der Waals surface area contributed by atoms with Crippen LogP contribution in [0, 0.1) is 11.7 Å². The minimum Gasteiger partial charge on any atom is -0.497 e. The number of hydrogen-bond acceptors (Lipinski definition) is 6. The molecule has 2 heterocycles. The SMILES string of the molecule is COc1ccc(Cn2nnnc2[C@H](C(C)C)N2CCN(c3ccc(F)cc3)CC2)cc1. The van der Waals surface area contributed by atoms with Gasteiger partial charge in [-0.1, -0.05) is 26.0 Å². The van der Waals surface area contributed by atoms with Crippen LogP contribution < -0.4 is 9.64 Å². The van der Waals surface area contributed by atoms with E-state index in [9.17, 15) is 4.39 Å². The van der Waals surface area contributed by atoms with Crippen molar-refractivity contribution in [3.05, 3.63) is 65.7 Å². The lowest BCUT2D eigenvalue weighted by molar-refractivity contribution is 0.135. The van der Waals surface area contributed by atoms with Crippen molar-refractivity contribution in [1.82, 2.24) is 25.1 Å². The zero-order chi connectivity index (χ0) is 21.8. The summed E-state index contributed by atoms with van der Waals surface area (Å²) in [6.45, 7) is 8.60. The first-order chi connectivity index (χ1) is 15.0. The molecular weight excluding hydrogens is 395 g/mol. The minimum atomic E-state index is -0.203. The highest BCUT2D eigenvalue weighted by atomic mass is 19.1. The van der Waals surface area contributed by atoms with Crippen molar-refractivity contribution in [3.63, 3.8) is 0 Å². The first-order valence-electron chi connectivity index (χ1n) is 10.7. The van der Waals surface area contributed by atoms with Crippen LogP contribution in [-0.2, 0) is 6.54 Å². The van der Waals surface area contributed by atoms with E-state index in [4.69, 9.17) is 4.74 Å². The zero-order valence-corrected chi connectivity index (χ0v) is 18.3. The van der Waals surface area contributed by atoms with Gasteiger partial charge in [-0.25, -0.2) is 9.07 Å². The Morgan fingerprint density at radius 1 is 0.968 bits per heavy atom. The number of halogens is 1. The van der Waals surface area contributed by atoms with Crippen molar-refractivity contribution < 1.29 is 9.13 Å². The number of piperazine rings is 1. The van der Waals surface area contributed by atoms with E-state index in [1.165, 1.54) is 12.1 Å². The Kier molecular flexibility index (Phi) is 6.46. The third-order valence-corrected chi connectivity index (χ3v) is 5.85. The standard InChI is InChI=1S/C23H29FN6O/c1-17(2)22(29-14-12-28(13-15-29)20-8-6-19(24)7-9-20)23-25-26-27-30(23)16-18-4-10-21(31-3)11-5-18/h4-11,17,22H,12-16H2,1-3H3/t22-/m0/s1. The van der Waals surface area contributed by atoms with E-state index >= 15 is 0 Å². The average Bonchev–Trinajstić information content (AvgIpc) is 3.23. The van der Waals surface area contributed by atoms with Crippen LogP contribution in [0.4, 0.5) is 10.1 Å². The van der Waals surface area contributed by atoms with E-state index in [0.717, 1.165) is 49.0 Å². The number of rotatable bonds is 7. The number of anilines is 1. The van der Waals surface area contributed by atoms with Gasteiger partial charge < -0.3 is 9.64 Å². The van der Waals surface area contributed by atoms with Gasteiger partial charge in [0.1, 0.15) is 11.6 Å². The van der Waals surface area contributed by atoms with Gasteiger partial charge >= 0.3 is 0 Å². The number of ether oxygens (including phenoxy) is 1. The van der Waals surface area contributed by atoms with Crippen molar-refractivity contribution in [2.24, 2.45) is 5.92 Å². The Hall–Kier alpha value is -3.00. The molecule has 1 fully saturated rings. The number of tetrazole rings is 1. The van der Waals surface area contributed by atoms with E-state index in [2.05, 4.69) is 39.2 Å². The fourth-order valence-corrected chi connectivity index (χ4v) is 4.23. The largest absolute Gasteiger partial charge is 0.497 e. The van der Waals surface area contributed by atoms with Crippen molar-refractivity contribution in [2.45, 2.75) is 26.4 Å². The fourth-order valence-electron chi connectivity index (χ4n) is 4.23. The third kappa shape index (κ3) is 4.85. The molecule has 4 rings (SSSR count). The van der Waals surface area contributed by atoms with Crippen LogP contribution >= 0.6 is 0 Å². The summed E-state index contributed by atoms with van der Waals surface area (Å²) in [4.78, 5) is 4.76. The second kappa shape index (κ2) is 9.43. The van der Waals surface area contributed by atoms with Crippen LogP contribution in [0.15, 0.2) is 48.5 Å². The maximum atomic E-state index is 13.2. The highest BCUT2D eigenvalue weighted by molar-refractivity contribution is 5.46. The lowest BCUT2D eigenvalue weighted by atomic mass is 10.0. The van der Waals surface area contributed by atoms with Gasteiger partial charge in [-0.05, 0) is 58.3 Å². The number of nitrogens with zero attached hydrogens (tertiary/aromatic N) is 6. The highest BCUT2D eigenvalue weighted by Crippen LogP contribution is 2.29. The molecule has 0 N–H and O–H groups in total. The molecule has 31 heavy (non-hydrogen) atoms. The minimum absolute atomic E-state index is 0.128. The molecule has 1 saturated heterocycles. The monoisotopic (exact) mass is 424 g/mol. The molecule has 1 aliphatic heterocycles. The Labute approximate surface area is 182 Å². The topological polar surface area (TPSA) is 59.3 Å². The molecule has 164 valence electrons. The Morgan fingerprint density at radius 2 is 1.65 bits per heavy atom. The molecule has 0 bridgehead atoms. The second-order valence-electron chi connectivity index (χ2n) is 8.23. The van der Waals surface area contributed by atoms with Crippen molar-refractivity contribution >= 4 is 5.69 Å². The molecule has 0 unspecified atom stereocenters. The van der Waals surface area contributed by atoms with Crippen LogP contribution in [0.3, 0.4) is 0 Å². The van der Waals surface area contributed by atoms with Crippen LogP contribution in [0.2, 0.25) is 0 Å². The van der Waals surface area contributed by atoms with Gasteiger partial charge in [-0.15, -0.1) is 5.10 Å². The average molecular weight is 425 g/mol. The molecule has 3 aromatic rings. The van der Waals surface area contributed by atoms with Crippen molar-refractivity contribution in [2.75, 3.05) is 38.2 Å². The summed E-state index contributed by atoms with van der Waals surface area (Å²) in [6, 6.07) is 14.8. The van der Waals surface area contributed by atoms with E-state index in [0.29, 0.717) is 12.5 Å².